The van der Waals surface area contributed by atoms with E-state index in [4.69, 9.17) is 15.9 Å². The van der Waals surface area contributed by atoms with Crippen LogP contribution in [0.1, 0.15) is 72.6 Å². The number of thiophene rings is 2. The predicted octanol–water partition coefficient (Wildman–Crippen LogP) is 9.48. The highest BCUT2D eigenvalue weighted by Gasteiger charge is 2.68. The number of amides is 1. The van der Waals surface area contributed by atoms with Crippen molar-refractivity contribution in [3.8, 4) is 11.5 Å². The number of likely N-dealkylation sites (N-methyl/N-ethyl adjacent to an activating group) is 2. The number of aromatic hydroxyl groups is 2. The topological polar surface area (TPSA) is 139 Å². The quantitative estimate of drug-likeness (QED) is 0.0660. The highest BCUT2D eigenvalue weighted by Crippen LogP contribution is 2.67. The van der Waals surface area contributed by atoms with Gasteiger partial charge in [0.1, 0.15) is 11.5 Å². The van der Waals surface area contributed by atoms with Crippen LogP contribution in [-0.4, -0.2) is 103 Å². The molecule has 9 nitrogen and oxygen atoms in total. The fourth-order valence-corrected chi connectivity index (χ4v) is 8.95. The Labute approximate surface area is 414 Å². The lowest BCUT2D eigenvalue weighted by atomic mass is 9.81. The number of carbonyl (C=O) groups is 2. The maximum absolute atomic E-state index is 13.7. The fraction of sp³-hybridized carbons (Fsp3) is 0.500. The summed E-state index contributed by atoms with van der Waals surface area (Å²) in [6, 6.07) is 17.8. The van der Waals surface area contributed by atoms with Crippen molar-refractivity contribution in [1.29, 1.82) is 0 Å². The number of carboxylic acids is 1. The van der Waals surface area contributed by atoms with Crippen molar-refractivity contribution in [2.45, 2.75) is 87.6 Å². The first-order valence-electron chi connectivity index (χ1n) is 19.9. The smallest absolute Gasteiger partial charge is 0.395 e. The normalized spacial score (nSPS) is 16.1. The second-order valence-corrected chi connectivity index (χ2v) is 17.9. The number of benzene rings is 2. The van der Waals surface area contributed by atoms with Crippen molar-refractivity contribution in [2.75, 3.05) is 41.3 Å². The summed E-state index contributed by atoms with van der Waals surface area (Å²) < 4.78 is 80.2. The second kappa shape index (κ2) is 27.3. The second-order valence-electron chi connectivity index (χ2n) is 16.3. The van der Waals surface area contributed by atoms with Crippen LogP contribution < -0.4 is 11.1 Å². The molecule has 2 aliphatic carbocycles. The summed E-state index contributed by atoms with van der Waals surface area (Å²) in [7, 11) is 7.85. The average molecular weight is 1040 g/mol. The monoisotopic (exact) mass is 1030 g/mol. The minimum absolute atomic E-state index is 0. The van der Waals surface area contributed by atoms with Crippen molar-refractivity contribution >= 4 is 88.5 Å². The third-order valence-electron chi connectivity index (χ3n) is 11.8. The number of alkyl halides is 6. The van der Waals surface area contributed by atoms with E-state index in [9.17, 15) is 41.0 Å². The molecule has 2 aromatic carbocycles. The van der Waals surface area contributed by atoms with E-state index in [0.29, 0.717) is 42.4 Å². The van der Waals surface area contributed by atoms with E-state index >= 15 is 0 Å². The van der Waals surface area contributed by atoms with Gasteiger partial charge in [-0.25, -0.2) is 0 Å². The summed E-state index contributed by atoms with van der Waals surface area (Å²) in [5.74, 6) is -2.85. The van der Waals surface area contributed by atoms with Crippen LogP contribution in [0.3, 0.4) is 0 Å². The first kappa shape index (κ1) is 62.2. The van der Waals surface area contributed by atoms with Crippen molar-refractivity contribution in [3.63, 3.8) is 0 Å². The number of nitrogens with two attached hydrogens (primary N) is 1. The van der Waals surface area contributed by atoms with Gasteiger partial charge in [-0.05, 0) is 147 Å². The molecule has 6 rings (SSSR count). The van der Waals surface area contributed by atoms with Crippen LogP contribution in [0, 0.1) is 10.8 Å². The molecule has 6 N–H and O–H groups in total. The zero-order chi connectivity index (χ0) is 45.2. The van der Waals surface area contributed by atoms with Crippen LogP contribution in [0.15, 0.2) is 82.2 Å². The molecule has 1 unspecified atom stereocenters. The molecule has 2 aliphatic rings. The van der Waals surface area contributed by atoms with Crippen LogP contribution >= 0.6 is 76.7 Å². The number of hydrogen-bond acceptors (Lipinski definition) is 9. The zero-order valence-corrected chi connectivity index (χ0v) is 42.3. The number of nitrogens with zero attached hydrogens (tertiary/aromatic N) is 2. The van der Waals surface area contributed by atoms with Gasteiger partial charge in [-0.2, -0.15) is 103 Å². The molecular weight excluding hydrogens is 971 g/mol. The number of hydrogen-bond donors (Lipinski definition) is 5. The Hall–Kier alpha value is -2.76. The summed E-state index contributed by atoms with van der Waals surface area (Å²) in [6.07, 6.45) is -7.49. The average Bonchev–Trinajstić information content (AvgIpc) is 4.06. The fourth-order valence-electron chi connectivity index (χ4n) is 7.53. The van der Waals surface area contributed by atoms with Crippen LogP contribution in [0.2, 0.25) is 0 Å². The lowest BCUT2D eigenvalue weighted by Crippen LogP contribution is -2.42. The molecule has 4 aromatic rings. The number of aliphatic carboxylic acids is 1. The molecule has 2 heterocycles. The van der Waals surface area contributed by atoms with Gasteiger partial charge in [-0.15, -0.1) is 0 Å². The molecule has 2 aromatic heterocycles. The Balaban J connectivity index is 0.00000100. The molecule has 4 atom stereocenters. The van der Waals surface area contributed by atoms with Gasteiger partial charge in [-0.1, -0.05) is 24.3 Å². The summed E-state index contributed by atoms with van der Waals surface area (Å²) in [5.41, 5.74) is 5.36. The minimum atomic E-state index is -4.32. The number of rotatable bonds is 17. The Kier molecular flexibility index (Phi) is 26.1. The molecular formula is C44H64F6N4O5S6. The molecule has 65 heavy (non-hydrogen) atoms. The molecule has 1 amide bonds. The SMILES string of the molecule is CN(C)[C@H](CN)Cc1ccc(O)cc1.CN(C)[C@H](CNC(=O)CC(c1ccsc1)C1(C(F)(F)F)CC1)Cc1ccc(O)cc1.O=C(O)C[C@H](c1ccsc1)C1(C(F)(F)F)CC1.S.S.S.S. The van der Waals surface area contributed by atoms with Gasteiger partial charge in [0, 0.05) is 43.4 Å². The highest BCUT2D eigenvalue weighted by molar-refractivity contribution is 7.59. The van der Waals surface area contributed by atoms with Gasteiger partial charge >= 0.3 is 18.3 Å². The molecule has 0 bridgehead atoms. The molecule has 2 fully saturated rings. The van der Waals surface area contributed by atoms with Gasteiger partial charge in [0.25, 0.3) is 0 Å². The van der Waals surface area contributed by atoms with E-state index in [1.165, 1.54) is 28.2 Å². The number of nitrogens with one attached hydrogen (secondary N) is 1. The van der Waals surface area contributed by atoms with E-state index < -0.39 is 47.4 Å². The number of phenolic OH excluding ortho intramolecular Hbond substituents is 2. The van der Waals surface area contributed by atoms with Crippen molar-refractivity contribution in [1.82, 2.24) is 15.1 Å². The number of carboxylic acid groups (broad SMARTS) is 1. The van der Waals surface area contributed by atoms with Gasteiger partial charge in [0.2, 0.25) is 5.91 Å². The third-order valence-corrected chi connectivity index (χ3v) is 13.2. The predicted molar refractivity (Wildman–Crippen MR) is 269 cm³/mol. The minimum Gasteiger partial charge on any atom is -0.508 e. The van der Waals surface area contributed by atoms with Gasteiger partial charge in [0.15, 0.2) is 0 Å². The van der Waals surface area contributed by atoms with Crippen molar-refractivity contribution in [3.05, 3.63) is 104 Å². The van der Waals surface area contributed by atoms with E-state index in [0.717, 1.165) is 12.0 Å². The number of halogens is 6. The Bertz CT molecular complexity index is 1950. The first-order chi connectivity index (χ1) is 28.6. The van der Waals surface area contributed by atoms with Crippen LogP contribution in [0.25, 0.3) is 0 Å². The molecule has 0 spiro atoms. The first-order valence-corrected chi connectivity index (χ1v) is 21.8. The molecule has 368 valence electrons. The van der Waals surface area contributed by atoms with Crippen molar-refractivity contribution < 1.29 is 51.3 Å². The van der Waals surface area contributed by atoms with E-state index in [1.807, 2.05) is 57.4 Å². The molecule has 0 saturated heterocycles. The van der Waals surface area contributed by atoms with Gasteiger partial charge in [-0.3, -0.25) is 9.59 Å². The lowest BCUT2D eigenvalue weighted by molar-refractivity contribution is -0.196. The van der Waals surface area contributed by atoms with Crippen molar-refractivity contribution in [2.24, 2.45) is 16.6 Å². The molecule has 21 heteroatoms. The molecule has 0 aliphatic heterocycles. The largest absolute Gasteiger partial charge is 0.508 e. The Morgan fingerprint density at radius 1 is 0.662 bits per heavy atom. The van der Waals surface area contributed by atoms with Gasteiger partial charge < -0.3 is 36.2 Å². The Morgan fingerprint density at radius 3 is 1.32 bits per heavy atom. The molecule has 2 saturated carbocycles. The highest BCUT2D eigenvalue weighted by atomic mass is 32.1. The maximum atomic E-state index is 13.7. The van der Waals surface area contributed by atoms with E-state index in [-0.39, 0.29) is 104 Å². The molecule has 0 radical (unpaired) electrons. The summed E-state index contributed by atoms with van der Waals surface area (Å²) in [4.78, 5) is 27.5. The van der Waals surface area contributed by atoms with Crippen LogP contribution in [-0.2, 0) is 22.4 Å². The van der Waals surface area contributed by atoms with Crippen LogP contribution in [0.4, 0.5) is 26.3 Å². The van der Waals surface area contributed by atoms with E-state index in [2.05, 4.69) is 10.2 Å². The summed E-state index contributed by atoms with van der Waals surface area (Å²) in [6.45, 7) is 0.982. The Morgan fingerprint density at radius 2 is 1.03 bits per heavy atom. The number of phenols is 2. The third kappa shape index (κ3) is 17.7. The summed E-state index contributed by atoms with van der Waals surface area (Å²) >= 11 is 2.64. The van der Waals surface area contributed by atoms with Gasteiger partial charge in [0.05, 0.1) is 17.3 Å². The van der Waals surface area contributed by atoms with Crippen LogP contribution in [0.5, 0.6) is 11.5 Å². The zero-order valence-electron chi connectivity index (χ0n) is 36.7. The standard InChI is InChI=1S/C22H27F3N2O2S.C11H11F3O2S.C11H18N2O.4H2S/c1-27(2)17(11-15-3-5-18(28)6-4-15)13-26-20(29)12-19(16-7-10-30-14-16)21(8-9-21)22(23,24)25;12-11(13,14)10(2-3-10)8(5-9(15)16)7-1-4-17-6-7;1-13(2)10(8-12)7-9-3-5-11(14)6-4-9;;;;/h3-7,10,14,17,19,28H,8-9,11-13H2,1-2H3,(H,26,29);1,4,6,8H,2-3,5H2,(H,15,16);3-6,10,14H,7-8,12H2,1-2H3;4*1H2/t17-,19?;8-;10-;;;;/m010..../s1. The summed E-state index contributed by atoms with van der Waals surface area (Å²) in [5, 5.41) is 36.9. The van der Waals surface area contributed by atoms with E-state index in [1.54, 1.807) is 57.9 Å². The number of carbonyl (C=O) groups excluding carboxylic acids is 1. The lowest BCUT2D eigenvalue weighted by Gasteiger charge is -2.29. The maximum Gasteiger partial charge on any atom is 0.395 e.